The van der Waals surface area contributed by atoms with E-state index in [4.69, 9.17) is 9.47 Å². The highest BCUT2D eigenvalue weighted by Crippen LogP contribution is 2.31. The highest BCUT2D eigenvalue weighted by molar-refractivity contribution is 5.93. The lowest BCUT2D eigenvalue weighted by molar-refractivity contribution is 0.0535. The van der Waals surface area contributed by atoms with Crippen LogP contribution in [0.4, 0.5) is 4.39 Å². The highest BCUT2D eigenvalue weighted by atomic mass is 19.1. The normalized spacial score (nSPS) is 23.7. The number of esters is 1. The molecule has 0 bridgehead atoms. The molecule has 2 aliphatic rings. The Balaban J connectivity index is 1.71. The van der Waals surface area contributed by atoms with E-state index in [2.05, 4.69) is 11.8 Å². The second-order valence-electron chi connectivity index (χ2n) is 5.87. The van der Waals surface area contributed by atoms with Crippen LogP contribution >= 0.6 is 0 Å². The van der Waals surface area contributed by atoms with Gasteiger partial charge in [-0.25, -0.2) is 9.18 Å². The summed E-state index contributed by atoms with van der Waals surface area (Å²) >= 11 is 0. The lowest BCUT2D eigenvalue weighted by atomic mass is 10.1. The third kappa shape index (κ3) is 2.95. The Hall–Kier alpha value is -1.62. The Morgan fingerprint density at radius 1 is 1.41 bits per heavy atom. The van der Waals surface area contributed by atoms with Crippen LogP contribution in [0.3, 0.4) is 0 Å². The Labute approximate surface area is 130 Å². The highest BCUT2D eigenvalue weighted by Gasteiger charge is 2.33. The quantitative estimate of drug-likeness (QED) is 0.758. The van der Waals surface area contributed by atoms with E-state index in [1.54, 1.807) is 6.07 Å². The van der Waals surface area contributed by atoms with Gasteiger partial charge in [0.25, 0.3) is 0 Å². The standard InChI is InChI=1S/C17H22FNO3/c1-2-19(9-8-18)15-4-3-5-16(15)22-13-6-7-14-12(10-13)11-21-17(14)20/h6-7,10,15-16H,2-5,8-9,11H2,1H3/t15-,16-/m0/s1. The van der Waals surface area contributed by atoms with Crippen LogP contribution < -0.4 is 4.74 Å². The molecule has 5 heteroatoms. The van der Waals surface area contributed by atoms with Crippen molar-refractivity contribution in [2.45, 2.75) is 44.9 Å². The van der Waals surface area contributed by atoms with Gasteiger partial charge >= 0.3 is 5.97 Å². The van der Waals surface area contributed by atoms with Gasteiger partial charge in [-0.05, 0) is 44.0 Å². The smallest absolute Gasteiger partial charge is 0.338 e. The molecule has 0 unspecified atom stereocenters. The molecule has 0 radical (unpaired) electrons. The summed E-state index contributed by atoms with van der Waals surface area (Å²) in [6.07, 6.45) is 3.22. The lowest BCUT2D eigenvalue weighted by Crippen LogP contribution is -2.43. The summed E-state index contributed by atoms with van der Waals surface area (Å²) in [6.45, 7) is 3.36. The minimum Gasteiger partial charge on any atom is -0.489 e. The first-order valence-corrected chi connectivity index (χ1v) is 7.99. The zero-order valence-corrected chi connectivity index (χ0v) is 12.9. The molecule has 120 valence electrons. The summed E-state index contributed by atoms with van der Waals surface area (Å²) in [6, 6.07) is 5.75. The van der Waals surface area contributed by atoms with E-state index in [1.165, 1.54) is 0 Å². The average molecular weight is 307 g/mol. The van der Waals surface area contributed by atoms with E-state index in [1.807, 2.05) is 12.1 Å². The molecule has 0 aromatic heterocycles. The maximum atomic E-state index is 12.7. The zero-order chi connectivity index (χ0) is 15.5. The number of fused-ring (bicyclic) bond motifs is 1. The number of ether oxygens (including phenoxy) is 2. The number of carbonyl (C=O) groups excluding carboxylic acids is 1. The number of alkyl halides is 1. The second kappa shape index (κ2) is 6.65. The Kier molecular flexibility index (Phi) is 4.62. The molecule has 1 heterocycles. The summed E-state index contributed by atoms with van der Waals surface area (Å²) in [7, 11) is 0. The minimum absolute atomic E-state index is 0.0857. The van der Waals surface area contributed by atoms with Gasteiger partial charge in [-0.2, -0.15) is 0 Å². The molecule has 4 nitrogen and oxygen atoms in total. The number of halogens is 1. The Bertz CT molecular complexity index is 549. The predicted molar refractivity (Wildman–Crippen MR) is 80.8 cm³/mol. The third-order valence-corrected chi connectivity index (χ3v) is 4.61. The number of likely N-dealkylation sites (N-methyl/N-ethyl adjacent to an activating group) is 1. The molecule has 1 aromatic rings. The molecular formula is C17H22FNO3. The van der Waals surface area contributed by atoms with Crippen LogP contribution in [-0.4, -0.2) is 42.8 Å². The summed E-state index contributed by atoms with van der Waals surface area (Å²) in [5, 5.41) is 0. The van der Waals surface area contributed by atoms with E-state index >= 15 is 0 Å². The molecule has 3 rings (SSSR count). The van der Waals surface area contributed by atoms with E-state index < -0.39 is 0 Å². The topological polar surface area (TPSA) is 38.8 Å². The zero-order valence-electron chi connectivity index (χ0n) is 12.9. The second-order valence-corrected chi connectivity index (χ2v) is 5.87. The van der Waals surface area contributed by atoms with Gasteiger partial charge in [0.2, 0.25) is 0 Å². The van der Waals surface area contributed by atoms with E-state index in [0.717, 1.165) is 37.1 Å². The molecule has 1 aromatic carbocycles. The fourth-order valence-electron chi connectivity index (χ4n) is 3.49. The van der Waals surface area contributed by atoms with Gasteiger partial charge in [0.1, 0.15) is 25.1 Å². The number of nitrogens with zero attached hydrogens (tertiary/aromatic N) is 1. The molecule has 1 aliphatic heterocycles. The van der Waals surface area contributed by atoms with Crippen molar-refractivity contribution < 1.29 is 18.7 Å². The van der Waals surface area contributed by atoms with Crippen molar-refractivity contribution in [3.8, 4) is 5.75 Å². The molecule has 1 aliphatic carbocycles. The van der Waals surface area contributed by atoms with Crippen molar-refractivity contribution in [1.82, 2.24) is 4.90 Å². The van der Waals surface area contributed by atoms with Crippen LogP contribution in [-0.2, 0) is 11.3 Å². The predicted octanol–water partition coefficient (Wildman–Crippen LogP) is 2.95. The van der Waals surface area contributed by atoms with Gasteiger partial charge in [-0.1, -0.05) is 6.92 Å². The lowest BCUT2D eigenvalue weighted by Gasteiger charge is -2.31. The molecular weight excluding hydrogens is 285 g/mol. The number of hydrogen-bond donors (Lipinski definition) is 0. The summed E-state index contributed by atoms with van der Waals surface area (Å²) in [5.74, 6) is 0.505. The molecule has 0 saturated heterocycles. The molecule has 1 fully saturated rings. The van der Waals surface area contributed by atoms with Crippen molar-refractivity contribution in [2.75, 3.05) is 19.8 Å². The van der Waals surface area contributed by atoms with Crippen molar-refractivity contribution in [3.63, 3.8) is 0 Å². The molecule has 0 spiro atoms. The number of cyclic esters (lactones) is 1. The van der Waals surface area contributed by atoms with Gasteiger partial charge in [0.05, 0.1) is 5.56 Å². The van der Waals surface area contributed by atoms with E-state index in [9.17, 15) is 9.18 Å². The van der Waals surface area contributed by atoms with Crippen molar-refractivity contribution in [3.05, 3.63) is 29.3 Å². The van der Waals surface area contributed by atoms with Gasteiger partial charge in [-0.15, -0.1) is 0 Å². The van der Waals surface area contributed by atoms with Crippen molar-refractivity contribution >= 4 is 5.97 Å². The maximum Gasteiger partial charge on any atom is 0.338 e. The largest absolute Gasteiger partial charge is 0.489 e. The van der Waals surface area contributed by atoms with Crippen molar-refractivity contribution in [1.29, 1.82) is 0 Å². The first-order chi connectivity index (χ1) is 10.7. The number of benzene rings is 1. The molecule has 0 N–H and O–H groups in total. The average Bonchev–Trinajstić information content (AvgIpc) is 3.12. The first-order valence-electron chi connectivity index (χ1n) is 7.99. The van der Waals surface area contributed by atoms with Crippen LogP contribution in [0.5, 0.6) is 5.75 Å². The maximum absolute atomic E-state index is 12.7. The summed E-state index contributed by atoms with van der Waals surface area (Å²) < 4.78 is 23.9. The SMILES string of the molecule is CCN(CCF)[C@H]1CCC[C@@H]1Oc1ccc2c(c1)COC2=O. The van der Waals surface area contributed by atoms with Crippen LogP contribution in [0.1, 0.15) is 42.1 Å². The van der Waals surface area contributed by atoms with Crippen LogP contribution in [0.25, 0.3) is 0 Å². The third-order valence-electron chi connectivity index (χ3n) is 4.61. The van der Waals surface area contributed by atoms with E-state index in [-0.39, 0.29) is 24.8 Å². The molecule has 1 saturated carbocycles. The number of rotatable bonds is 6. The Morgan fingerprint density at radius 2 is 2.27 bits per heavy atom. The van der Waals surface area contributed by atoms with Gasteiger partial charge in [-0.3, -0.25) is 4.90 Å². The minimum atomic E-state index is -0.324. The molecule has 2 atom stereocenters. The molecule has 22 heavy (non-hydrogen) atoms. The van der Waals surface area contributed by atoms with Gasteiger partial charge in [0.15, 0.2) is 0 Å². The van der Waals surface area contributed by atoms with Crippen molar-refractivity contribution in [2.24, 2.45) is 0 Å². The fraction of sp³-hybridized carbons (Fsp3) is 0.588. The van der Waals surface area contributed by atoms with Crippen LogP contribution in [0.2, 0.25) is 0 Å². The number of carbonyl (C=O) groups is 1. The van der Waals surface area contributed by atoms with Crippen LogP contribution in [0, 0.1) is 0 Å². The fourth-order valence-corrected chi connectivity index (χ4v) is 3.49. The van der Waals surface area contributed by atoms with Gasteiger partial charge in [0, 0.05) is 18.2 Å². The number of hydrogen-bond acceptors (Lipinski definition) is 4. The first kappa shape index (κ1) is 15.3. The van der Waals surface area contributed by atoms with E-state index in [0.29, 0.717) is 18.7 Å². The van der Waals surface area contributed by atoms with Crippen LogP contribution in [0.15, 0.2) is 18.2 Å². The monoisotopic (exact) mass is 307 g/mol. The Morgan fingerprint density at radius 3 is 3.05 bits per heavy atom. The molecule has 0 amide bonds. The summed E-state index contributed by atoms with van der Waals surface area (Å²) in [4.78, 5) is 13.6. The van der Waals surface area contributed by atoms with Gasteiger partial charge < -0.3 is 9.47 Å². The summed E-state index contributed by atoms with van der Waals surface area (Å²) in [5.41, 5.74) is 1.51.